The summed E-state index contributed by atoms with van der Waals surface area (Å²) in [7, 11) is 1.41. The van der Waals surface area contributed by atoms with Gasteiger partial charge in [0.25, 0.3) is 5.91 Å². The molecule has 0 saturated heterocycles. The number of amides is 2. The second-order valence-corrected chi connectivity index (χ2v) is 6.24. The van der Waals surface area contributed by atoms with E-state index >= 15 is 0 Å². The van der Waals surface area contributed by atoms with Gasteiger partial charge in [-0.2, -0.15) is 0 Å². The molecule has 154 valence electrons. The van der Waals surface area contributed by atoms with Crippen LogP contribution in [0, 0.1) is 5.82 Å². The monoisotopic (exact) mass is 402 g/mol. The Morgan fingerprint density at radius 3 is 2.34 bits per heavy atom. The SMILES string of the molecule is CC[C@H](Oc1ccccc1)C(=O)OCC(=O)N(C)CC(=O)Nc1ccc(F)cc1. The fraction of sp³-hybridized carbons (Fsp3) is 0.286. The van der Waals surface area contributed by atoms with Gasteiger partial charge in [-0.25, -0.2) is 9.18 Å². The van der Waals surface area contributed by atoms with Crippen LogP contribution < -0.4 is 10.1 Å². The van der Waals surface area contributed by atoms with Gasteiger partial charge in [-0.05, 0) is 42.8 Å². The lowest BCUT2D eigenvalue weighted by atomic mass is 10.2. The molecule has 8 heteroatoms. The third kappa shape index (κ3) is 7.25. The average Bonchev–Trinajstić information content (AvgIpc) is 2.72. The van der Waals surface area contributed by atoms with Gasteiger partial charge in [-0.3, -0.25) is 9.59 Å². The molecule has 0 aromatic heterocycles. The minimum Gasteiger partial charge on any atom is -0.479 e. The predicted molar refractivity (Wildman–Crippen MR) is 105 cm³/mol. The van der Waals surface area contributed by atoms with Gasteiger partial charge in [0.05, 0.1) is 6.54 Å². The smallest absolute Gasteiger partial charge is 0.347 e. The van der Waals surface area contributed by atoms with E-state index in [0.29, 0.717) is 17.9 Å². The molecule has 0 radical (unpaired) electrons. The summed E-state index contributed by atoms with van der Waals surface area (Å²) in [6, 6.07) is 14.1. The number of nitrogens with zero attached hydrogens (tertiary/aromatic N) is 1. The number of carbonyl (C=O) groups is 3. The van der Waals surface area contributed by atoms with E-state index < -0.39 is 36.3 Å². The fourth-order valence-electron chi connectivity index (χ4n) is 2.33. The summed E-state index contributed by atoms with van der Waals surface area (Å²) < 4.78 is 23.5. The molecule has 1 atom stereocenters. The number of halogens is 1. The second kappa shape index (κ2) is 10.8. The van der Waals surface area contributed by atoms with Gasteiger partial charge in [0.1, 0.15) is 11.6 Å². The molecule has 0 spiro atoms. The van der Waals surface area contributed by atoms with E-state index in [1.165, 1.54) is 31.3 Å². The molecule has 0 aliphatic heterocycles. The van der Waals surface area contributed by atoms with Crippen LogP contribution in [0.5, 0.6) is 5.75 Å². The van der Waals surface area contributed by atoms with E-state index in [1.54, 1.807) is 31.2 Å². The van der Waals surface area contributed by atoms with Crippen LogP contribution in [0.1, 0.15) is 13.3 Å². The maximum Gasteiger partial charge on any atom is 0.347 e. The molecular weight excluding hydrogens is 379 g/mol. The Bertz CT molecular complexity index is 827. The third-order valence-electron chi connectivity index (χ3n) is 3.93. The number of rotatable bonds is 9. The van der Waals surface area contributed by atoms with Crippen molar-refractivity contribution in [3.63, 3.8) is 0 Å². The molecule has 1 N–H and O–H groups in total. The van der Waals surface area contributed by atoms with Crippen LogP contribution in [0.25, 0.3) is 0 Å². The Labute approximate surface area is 168 Å². The zero-order chi connectivity index (χ0) is 21.2. The standard InChI is InChI=1S/C21H23FN2O5/c1-3-18(29-17-7-5-4-6-8-17)21(27)28-14-20(26)24(2)13-19(25)23-16-11-9-15(22)10-12-16/h4-12,18H,3,13-14H2,1-2H3,(H,23,25)/t18-/m0/s1. The van der Waals surface area contributed by atoms with Gasteiger partial charge in [0.15, 0.2) is 12.7 Å². The summed E-state index contributed by atoms with van der Waals surface area (Å²) >= 11 is 0. The van der Waals surface area contributed by atoms with E-state index in [1.807, 2.05) is 6.07 Å². The molecule has 2 aromatic carbocycles. The van der Waals surface area contributed by atoms with Crippen LogP contribution in [0.4, 0.5) is 10.1 Å². The normalized spacial score (nSPS) is 11.3. The number of anilines is 1. The lowest BCUT2D eigenvalue weighted by Gasteiger charge is -2.19. The predicted octanol–water partition coefficient (Wildman–Crippen LogP) is 2.62. The highest BCUT2D eigenvalue weighted by atomic mass is 19.1. The largest absolute Gasteiger partial charge is 0.479 e. The number of likely N-dealkylation sites (N-methyl/N-ethyl adjacent to an activating group) is 1. The summed E-state index contributed by atoms with van der Waals surface area (Å²) in [5, 5.41) is 2.55. The molecule has 0 unspecified atom stereocenters. The first-order valence-corrected chi connectivity index (χ1v) is 9.06. The van der Waals surface area contributed by atoms with Crippen molar-refractivity contribution in [3.8, 4) is 5.75 Å². The maximum absolute atomic E-state index is 12.9. The van der Waals surface area contributed by atoms with Crippen molar-refractivity contribution in [2.75, 3.05) is 25.5 Å². The summed E-state index contributed by atoms with van der Waals surface area (Å²) in [4.78, 5) is 37.4. The van der Waals surface area contributed by atoms with Crippen LogP contribution in [-0.4, -0.2) is 49.0 Å². The Balaban J connectivity index is 1.78. The number of esters is 1. The van der Waals surface area contributed by atoms with Crippen molar-refractivity contribution in [1.29, 1.82) is 0 Å². The first kappa shape index (κ1) is 21.9. The molecule has 0 heterocycles. The van der Waals surface area contributed by atoms with Crippen molar-refractivity contribution >= 4 is 23.5 Å². The molecule has 2 rings (SSSR count). The first-order valence-electron chi connectivity index (χ1n) is 9.06. The highest BCUT2D eigenvalue weighted by molar-refractivity contribution is 5.94. The molecule has 7 nitrogen and oxygen atoms in total. The summed E-state index contributed by atoms with van der Waals surface area (Å²) in [6.45, 7) is 1.02. The fourth-order valence-corrected chi connectivity index (χ4v) is 2.33. The lowest BCUT2D eigenvalue weighted by Crippen LogP contribution is -2.38. The number of nitrogens with one attached hydrogen (secondary N) is 1. The Hall–Kier alpha value is -3.42. The number of para-hydroxylation sites is 1. The topological polar surface area (TPSA) is 84.9 Å². The minimum atomic E-state index is -0.836. The van der Waals surface area contributed by atoms with E-state index in [-0.39, 0.29) is 6.54 Å². The van der Waals surface area contributed by atoms with Gasteiger partial charge in [0.2, 0.25) is 5.91 Å². The third-order valence-corrected chi connectivity index (χ3v) is 3.93. The Morgan fingerprint density at radius 2 is 1.72 bits per heavy atom. The van der Waals surface area contributed by atoms with Gasteiger partial charge in [-0.15, -0.1) is 0 Å². The van der Waals surface area contributed by atoms with Gasteiger partial charge >= 0.3 is 5.97 Å². The van der Waals surface area contributed by atoms with Crippen LogP contribution in [0.15, 0.2) is 54.6 Å². The summed E-state index contributed by atoms with van der Waals surface area (Å²) in [6.07, 6.45) is -0.463. The lowest BCUT2D eigenvalue weighted by molar-refractivity contribution is -0.158. The van der Waals surface area contributed by atoms with E-state index in [4.69, 9.17) is 9.47 Å². The highest BCUT2D eigenvalue weighted by Gasteiger charge is 2.22. The summed E-state index contributed by atoms with van der Waals surface area (Å²) in [5.41, 5.74) is 0.410. The molecule has 2 amide bonds. The first-order chi connectivity index (χ1) is 13.9. The summed E-state index contributed by atoms with van der Waals surface area (Å²) in [5.74, 6) is -1.55. The molecule has 0 saturated carbocycles. The van der Waals surface area contributed by atoms with Gasteiger partial charge < -0.3 is 19.7 Å². The average molecular weight is 402 g/mol. The molecule has 0 bridgehead atoms. The molecule has 29 heavy (non-hydrogen) atoms. The van der Waals surface area contributed by atoms with Crippen LogP contribution in [-0.2, 0) is 19.1 Å². The Kier molecular flexibility index (Phi) is 8.14. The van der Waals surface area contributed by atoms with Crippen molar-refractivity contribution in [1.82, 2.24) is 4.90 Å². The zero-order valence-corrected chi connectivity index (χ0v) is 16.3. The van der Waals surface area contributed by atoms with Crippen LogP contribution in [0.3, 0.4) is 0 Å². The van der Waals surface area contributed by atoms with E-state index in [2.05, 4.69) is 5.32 Å². The quantitative estimate of drug-likeness (QED) is 0.652. The second-order valence-electron chi connectivity index (χ2n) is 6.24. The number of benzene rings is 2. The van der Waals surface area contributed by atoms with E-state index in [0.717, 1.165) is 4.90 Å². The van der Waals surface area contributed by atoms with E-state index in [9.17, 15) is 18.8 Å². The van der Waals surface area contributed by atoms with Crippen LogP contribution >= 0.6 is 0 Å². The number of carbonyl (C=O) groups excluding carboxylic acids is 3. The van der Waals surface area contributed by atoms with Gasteiger partial charge in [0, 0.05) is 12.7 Å². The van der Waals surface area contributed by atoms with Crippen LogP contribution in [0.2, 0.25) is 0 Å². The van der Waals surface area contributed by atoms with Crippen molar-refractivity contribution in [2.24, 2.45) is 0 Å². The minimum absolute atomic E-state index is 0.245. The molecular formula is C21H23FN2O5. The van der Waals surface area contributed by atoms with Crippen molar-refractivity contribution in [3.05, 3.63) is 60.4 Å². The van der Waals surface area contributed by atoms with Crippen molar-refractivity contribution in [2.45, 2.75) is 19.4 Å². The Morgan fingerprint density at radius 1 is 1.07 bits per heavy atom. The highest BCUT2D eigenvalue weighted by Crippen LogP contribution is 2.13. The zero-order valence-electron chi connectivity index (χ0n) is 16.3. The van der Waals surface area contributed by atoms with Gasteiger partial charge in [-0.1, -0.05) is 25.1 Å². The molecule has 2 aromatic rings. The molecule has 0 aliphatic carbocycles. The van der Waals surface area contributed by atoms with Crippen molar-refractivity contribution < 1.29 is 28.2 Å². The number of hydrogen-bond donors (Lipinski definition) is 1. The molecule has 0 fully saturated rings. The molecule has 0 aliphatic rings. The maximum atomic E-state index is 12.9. The number of ether oxygens (including phenoxy) is 2. The number of hydrogen-bond acceptors (Lipinski definition) is 5.